The van der Waals surface area contributed by atoms with Crippen LogP contribution in [0.1, 0.15) is 5.56 Å². The van der Waals surface area contributed by atoms with Crippen LogP contribution in [0.25, 0.3) is 0 Å². The Hall–Kier alpha value is -1.03. The fourth-order valence-corrected chi connectivity index (χ4v) is 2.21. The predicted octanol–water partition coefficient (Wildman–Crippen LogP) is 5.54. The molecule has 0 heterocycles. The number of benzene rings is 2. The summed E-state index contributed by atoms with van der Waals surface area (Å²) >= 11 is 17.3. The summed E-state index contributed by atoms with van der Waals surface area (Å²) in [6, 6.07) is 6.87. The summed E-state index contributed by atoms with van der Waals surface area (Å²) in [6.07, 6.45) is 0. The Balaban J connectivity index is 2.17. The largest absolute Gasteiger partial charge is 0.381 e. The second-order valence-corrected chi connectivity index (χ2v) is 5.06. The monoisotopic (exact) mass is 321 g/mol. The fraction of sp³-hybridized carbons (Fsp3) is 0.0769. The lowest BCUT2D eigenvalue weighted by Crippen LogP contribution is -2.01. The van der Waals surface area contributed by atoms with Crippen molar-refractivity contribution < 1.29 is 8.78 Å². The van der Waals surface area contributed by atoms with E-state index in [1.165, 1.54) is 30.3 Å². The second-order valence-electron chi connectivity index (χ2n) is 3.84. The van der Waals surface area contributed by atoms with Crippen molar-refractivity contribution in [3.05, 3.63) is 62.6 Å². The molecule has 0 saturated heterocycles. The van der Waals surface area contributed by atoms with Crippen LogP contribution in [0.5, 0.6) is 0 Å². The lowest BCUT2D eigenvalue weighted by molar-refractivity contribution is 0.626. The highest BCUT2D eigenvalue weighted by Gasteiger charge is 2.08. The first kappa shape index (κ1) is 14.4. The number of nitrogens with one attached hydrogen (secondary N) is 1. The molecule has 0 aliphatic heterocycles. The molecule has 0 aromatic heterocycles. The SMILES string of the molecule is Fc1ccc(Cl)c(CNc2cc(Cl)c(F)c(Cl)c2)c1. The molecule has 0 amide bonds. The van der Waals surface area contributed by atoms with E-state index in [0.717, 1.165) is 0 Å². The molecule has 0 aliphatic carbocycles. The molecule has 100 valence electrons. The van der Waals surface area contributed by atoms with Gasteiger partial charge in [-0.15, -0.1) is 0 Å². The van der Waals surface area contributed by atoms with E-state index in [1.807, 2.05) is 0 Å². The lowest BCUT2D eigenvalue weighted by Gasteiger charge is -2.09. The molecule has 0 atom stereocenters. The quantitative estimate of drug-likeness (QED) is 0.732. The molecule has 1 N–H and O–H groups in total. The maximum atomic E-state index is 13.2. The van der Waals surface area contributed by atoms with Crippen molar-refractivity contribution >= 4 is 40.5 Å². The van der Waals surface area contributed by atoms with Crippen LogP contribution >= 0.6 is 34.8 Å². The van der Waals surface area contributed by atoms with E-state index >= 15 is 0 Å². The molecule has 1 nitrogen and oxygen atoms in total. The van der Waals surface area contributed by atoms with Crippen LogP contribution in [0.4, 0.5) is 14.5 Å². The number of halogens is 5. The van der Waals surface area contributed by atoms with Gasteiger partial charge in [0.25, 0.3) is 0 Å². The van der Waals surface area contributed by atoms with Gasteiger partial charge in [-0.05, 0) is 35.9 Å². The van der Waals surface area contributed by atoms with Gasteiger partial charge in [0.15, 0.2) is 5.82 Å². The molecule has 2 rings (SSSR count). The summed E-state index contributed by atoms with van der Waals surface area (Å²) < 4.78 is 26.3. The molecule has 0 aliphatic rings. The number of hydrogen-bond acceptors (Lipinski definition) is 1. The Kier molecular flexibility index (Phi) is 4.50. The van der Waals surface area contributed by atoms with Crippen molar-refractivity contribution in [2.24, 2.45) is 0 Å². The number of hydrogen-bond donors (Lipinski definition) is 1. The van der Waals surface area contributed by atoms with Crippen molar-refractivity contribution in [1.29, 1.82) is 0 Å². The van der Waals surface area contributed by atoms with Crippen molar-refractivity contribution in [2.75, 3.05) is 5.32 Å². The summed E-state index contributed by atoms with van der Waals surface area (Å²) in [5.41, 5.74) is 1.11. The van der Waals surface area contributed by atoms with Gasteiger partial charge < -0.3 is 5.32 Å². The summed E-state index contributed by atoms with van der Waals surface area (Å²) in [7, 11) is 0. The van der Waals surface area contributed by atoms with Crippen molar-refractivity contribution in [3.63, 3.8) is 0 Å². The Morgan fingerprint density at radius 3 is 2.16 bits per heavy atom. The van der Waals surface area contributed by atoms with Crippen LogP contribution < -0.4 is 5.32 Å². The molecule has 0 bridgehead atoms. The first-order valence-corrected chi connectivity index (χ1v) is 6.43. The highest BCUT2D eigenvalue weighted by molar-refractivity contribution is 6.35. The summed E-state index contributed by atoms with van der Waals surface area (Å²) in [6.45, 7) is 0.273. The zero-order valence-corrected chi connectivity index (χ0v) is 11.8. The summed E-state index contributed by atoms with van der Waals surface area (Å²) in [5.74, 6) is -1.05. The maximum absolute atomic E-state index is 13.2. The molecule has 6 heteroatoms. The fourth-order valence-electron chi connectivity index (χ4n) is 1.53. The predicted molar refractivity (Wildman–Crippen MR) is 75.2 cm³/mol. The Morgan fingerprint density at radius 2 is 1.53 bits per heavy atom. The lowest BCUT2D eigenvalue weighted by atomic mass is 10.2. The molecule has 0 fully saturated rings. The van der Waals surface area contributed by atoms with E-state index in [2.05, 4.69) is 5.32 Å². The average molecular weight is 323 g/mol. The maximum Gasteiger partial charge on any atom is 0.160 e. The van der Waals surface area contributed by atoms with Crippen molar-refractivity contribution in [3.8, 4) is 0 Å². The van der Waals surface area contributed by atoms with Crippen molar-refractivity contribution in [2.45, 2.75) is 6.54 Å². The Morgan fingerprint density at radius 1 is 0.895 bits per heavy atom. The first-order valence-electron chi connectivity index (χ1n) is 5.29. The van der Waals surface area contributed by atoms with Gasteiger partial charge in [-0.2, -0.15) is 0 Å². The smallest absolute Gasteiger partial charge is 0.160 e. The van der Waals surface area contributed by atoms with Crippen LogP contribution in [0.3, 0.4) is 0 Å². The van der Waals surface area contributed by atoms with Crippen LogP contribution in [-0.4, -0.2) is 0 Å². The zero-order chi connectivity index (χ0) is 14.0. The van der Waals surface area contributed by atoms with E-state index in [0.29, 0.717) is 16.3 Å². The minimum absolute atomic E-state index is 0.0830. The van der Waals surface area contributed by atoms with Crippen molar-refractivity contribution in [1.82, 2.24) is 0 Å². The number of rotatable bonds is 3. The van der Waals surface area contributed by atoms with E-state index in [-0.39, 0.29) is 22.4 Å². The van der Waals surface area contributed by atoms with E-state index < -0.39 is 5.82 Å². The summed E-state index contributed by atoms with van der Waals surface area (Å²) in [5, 5.41) is 3.22. The van der Waals surface area contributed by atoms with E-state index in [4.69, 9.17) is 34.8 Å². The molecule has 0 spiro atoms. The molecular formula is C13H8Cl3F2N. The molecule has 2 aromatic carbocycles. The average Bonchev–Trinajstić information content (AvgIpc) is 2.37. The van der Waals surface area contributed by atoms with Crippen LogP contribution in [-0.2, 0) is 6.54 Å². The minimum atomic E-state index is -0.669. The molecule has 0 unspecified atom stereocenters. The minimum Gasteiger partial charge on any atom is -0.381 e. The van der Waals surface area contributed by atoms with Gasteiger partial charge in [-0.1, -0.05) is 34.8 Å². The van der Waals surface area contributed by atoms with Gasteiger partial charge in [0, 0.05) is 17.3 Å². The normalized spacial score (nSPS) is 10.6. The molecule has 2 aromatic rings. The molecule has 0 radical (unpaired) electrons. The zero-order valence-electron chi connectivity index (χ0n) is 9.48. The Bertz CT molecular complexity index is 594. The molecule has 19 heavy (non-hydrogen) atoms. The van der Waals surface area contributed by atoms with Crippen LogP contribution in [0, 0.1) is 11.6 Å². The van der Waals surface area contributed by atoms with Gasteiger partial charge in [-0.25, -0.2) is 8.78 Å². The molecular weight excluding hydrogens is 315 g/mol. The number of anilines is 1. The topological polar surface area (TPSA) is 12.0 Å². The second kappa shape index (κ2) is 5.95. The van der Waals surface area contributed by atoms with E-state index in [9.17, 15) is 8.78 Å². The third kappa shape index (κ3) is 3.50. The third-order valence-electron chi connectivity index (χ3n) is 2.47. The van der Waals surface area contributed by atoms with Gasteiger partial charge >= 0.3 is 0 Å². The van der Waals surface area contributed by atoms with Gasteiger partial charge in [-0.3, -0.25) is 0 Å². The first-order chi connectivity index (χ1) is 8.97. The van der Waals surface area contributed by atoms with Gasteiger partial charge in [0.05, 0.1) is 10.0 Å². The highest BCUT2D eigenvalue weighted by atomic mass is 35.5. The highest BCUT2D eigenvalue weighted by Crippen LogP contribution is 2.28. The van der Waals surface area contributed by atoms with Gasteiger partial charge in [0.1, 0.15) is 5.82 Å². The van der Waals surface area contributed by atoms with Crippen LogP contribution in [0.2, 0.25) is 15.1 Å². The Labute approximate surface area is 124 Å². The van der Waals surface area contributed by atoms with Gasteiger partial charge in [0.2, 0.25) is 0 Å². The summed E-state index contributed by atoms with van der Waals surface area (Å²) in [4.78, 5) is 0. The molecule has 0 saturated carbocycles. The third-order valence-corrected chi connectivity index (χ3v) is 3.39. The van der Waals surface area contributed by atoms with Crippen LogP contribution in [0.15, 0.2) is 30.3 Å². The van der Waals surface area contributed by atoms with E-state index in [1.54, 1.807) is 0 Å². The standard InChI is InChI=1S/C13H8Cl3F2N/c14-10-2-1-8(17)3-7(10)6-19-9-4-11(15)13(18)12(16)5-9/h1-5,19H,6H2.